The van der Waals surface area contributed by atoms with Gasteiger partial charge in [0.25, 0.3) is 0 Å². The Labute approximate surface area is 112 Å². The van der Waals surface area contributed by atoms with E-state index in [0.717, 1.165) is 12.0 Å². The van der Waals surface area contributed by atoms with Crippen molar-refractivity contribution in [3.8, 4) is 0 Å². The molecule has 2 heterocycles. The summed E-state index contributed by atoms with van der Waals surface area (Å²) in [6.07, 6.45) is 4.01. The predicted octanol–water partition coefficient (Wildman–Crippen LogP) is 2.31. The smallest absolute Gasteiger partial charge is 0.333 e. The molecule has 2 aliphatic rings. The number of hydrogen-bond donors (Lipinski definition) is 0. The van der Waals surface area contributed by atoms with Crippen LogP contribution in [0.1, 0.15) is 26.2 Å². The summed E-state index contributed by atoms with van der Waals surface area (Å²) in [6.45, 7) is 9.80. The minimum Gasteiger partial charge on any atom is -0.462 e. The fourth-order valence-electron chi connectivity index (χ4n) is 2.28. The quantitative estimate of drug-likeness (QED) is 0.443. The van der Waals surface area contributed by atoms with E-state index in [1.54, 1.807) is 0 Å². The van der Waals surface area contributed by atoms with Gasteiger partial charge in [0.1, 0.15) is 6.10 Å². The van der Waals surface area contributed by atoms with Gasteiger partial charge in [-0.15, -0.1) is 0 Å². The zero-order chi connectivity index (χ0) is 14.0. The molecule has 4 nitrogen and oxygen atoms in total. The number of hydrogen-bond acceptors (Lipinski definition) is 4. The van der Waals surface area contributed by atoms with Crippen molar-refractivity contribution < 1.29 is 19.1 Å². The molecule has 2 fully saturated rings. The number of rotatable bonds is 4. The van der Waals surface area contributed by atoms with Crippen LogP contribution >= 0.6 is 0 Å². The van der Waals surface area contributed by atoms with E-state index in [0.29, 0.717) is 30.6 Å². The third-order valence-electron chi connectivity index (χ3n) is 3.51. The first kappa shape index (κ1) is 13.6. The molecular weight excluding hydrogens is 244 g/mol. The number of cyclic esters (lactones) is 2. The second-order valence-corrected chi connectivity index (χ2v) is 5.15. The van der Waals surface area contributed by atoms with Crippen LogP contribution < -0.4 is 0 Å². The van der Waals surface area contributed by atoms with Gasteiger partial charge in [0, 0.05) is 29.9 Å². The molecule has 0 bridgehead atoms. The van der Waals surface area contributed by atoms with Crippen LogP contribution in [-0.2, 0) is 19.1 Å². The Morgan fingerprint density at radius 1 is 1.37 bits per heavy atom. The summed E-state index contributed by atoms with van der Waals surface area (Å²) in [7, 11) is 0. The molecule has 2 rings (SSSR count). The highest BCUT2D eigenvalue weighted by Crippen LogP contribution is 2.26. The van der Waals surface area contributed by atoms with Gasteiger partial charge in [0.15, 0.2) is 0 Å². The van der Waals surface area contributed by atoms with Crippen LogP contribution in [-0.4, -0.2) is 24.6 Å². The topological polar surface area (TPSA) is 52.6 Å². The average molecular weight is 262 g/mol. The van der Waals surface area contributed by atoms with E-state index >= 15 is 0 Å². The van der Waals surface area contributed by atoms with Crippen molar-refractivity contribution >= 4 is 11.9 Å². The van der Waals surface area contributed by atoms with Crippen LogP contribution in [0.4, 0.5) is 0 Å². The number of ether oxygens (including phenoxy) is 2. The molecule has 0 amide bonds. The molecule has 4 heteroatoms. The van der Waals surface area contributed by atoms with Crippen LogP contribution in [0.3, 0.4) is 0 Å². The highest BCUT2D eigenvalue weighted by Gasteiger charge is 2.29. The van der Waals surface area contributed by atoms with Gasteiger partial charge in [0.2, 0.25) is 0 Å². The van der Waals surface area contributed by atoms with Crippen LogP contribution in [0.5, 0.6) is 0 Å². The van der Waals surface area contributed by atoms with Gasteiger partial charge in [-0.25, -0.2) is 9.59 Å². The van der Waals surface area contributed by atoms with E-state index in [4.69, 9.17) is 9.47 Å². The van der Waals surface area contributed by atoms with Crippen molar-refractivity contribution in [1.82, 2.24) is 0 Å². The lowest BCUT2D eigenvalue weighted by atomic mass is 9.97. The Balaban J connectivity index is 1.83. The molecule has 0 aliphatic carbocycles. The van der Waals surface area contributed by atoms with Gasteiger partial charge in [0.05, 0.1) is 6.61 Å². The molecule has 0 spiro atoms. The number of carbonyl (C=O) groups excluding carboxylic acids is 2. The third kappa shape index (κ3) is 3.13. The zero-order valence-corrected chi connectivity index (χ0v) is 11.1. The van der Waals surface area contributed by atoms with Crippen LogP contribution in [0.15, 0.2) is 36.0 Å². The van der Waals surface area contributed by atoms with Crippen molar-refractivity contribution in [3.05, 3.63) is 36.0 Å². The Hall–Kier alpha value is -1.84. The molecule has 2 saturated heterocycles. The molecular formula is C15H18O4. The molecule has 0 radical (unpaired) electrons. The Morgan fingerprint density at radius 2 is 2.11 bits per heavy atom. The summed E-state index contributed by atoms with van der Waals surface area (Å²) in [5, 5.41) is 0. The number of allylic oxidation sites excluding steroid dienone is 1. The van der Waals surface area contributed by atoms with Gasteiger partial charge >= 0.3 is 11.9 Å². The standard InChI is InChI=1S/C15H18O4/c1-9(6-13-7-10(2)14(16)19-13)4-5-12-8-18-15(17)11(12)3/h4,12-13H,2-3,5-8H2,1H3. The number of carbonyl (C=O) groups is 2. The fourth-order valence-corrected chi connectivity index (χ4v) is 2.28. The first-order valence-electron chi connectivity index (χ1n) is 6.37. The van der Waals surface area contributed by atoms with E-state index in [-0.39, 0.29) is 24.0 Å². The second-order valence-electron chi connectivity index (χ2n) is 5.15. The van der Waals surface area contributed by atoms with E-state index in [2.05, 4.69) is 19.2 Å². The highest BCUT2D eigenvalue weighted by molar-refractivity contribution is 5.90. The van der Waals surface area contributed by atoms with Crippen LogP contribution in [0.2, 0.25) is 0 Å². The maximum Gasteiger partial charge on any atom is 0.333 e. The summed E-state index contributed by atoms with van der Waals surface area (Å²) in [6, 6.07) is 0. The molecule has 19 heavy (non-hydrogen) atoms. The molecule has 102 valence electrons. The normalized spacial score (nSPS) is 27.7. The first-order chi connectivity index (χ1) is 8.97. The molecule has 0 saturated carbocycles. The van der Waals surface area contributed by atoms with Crippen LogP contribution in [0, 0.1) is 5.92 Å². The van der Waals surface area contributed by atoms with Crippen LogP contribution in [0.25, 0.3) is 0 Å². The molecule has 2 aliphatic heterocycles. The van der Waals surface area contributed by atoms with Gasteiger partial charge in [-0.1, -0.05) is 24.8 Å². The lowest BCUT2D eigenvalue weighted by Gasteiger charge is -2.10. The van der Waals surface area contributed by atoms with Gasteiger partial charge < -0.3 is 9.47 Å². The monoisotopic (exact) mass is 262 g/mol. The van der Waals surface area contributed by atoms with E-state index < -0.39 is 0 Å². The lowest BCUT2D eigenvalue weighted by molar-refractivity contribution is -0.138. The summed E-state index contributed by atoms with van der Waals surface area (Å²) in [4.78, 5) is 22.4. The molecule has 2 atom stereocenters. The lowest BCUT2D eigenvalue weighted by Crippen LogP contribution is -2.07. The summed E-state index contributed by atoms with van der Waals surface area (Å²) in [5.74, 6) is -0.512. The molecule has 2 unspecified atom stereocenters. The van der Waals surface area contributed by atoms with Crippen molar-refractivity contribution in [2.45, 2.75) is 32.3 Å². The number of esters is 2. The van der Waals surface area contributed by atoms with Gasteiger partial charge in [-0.3, -0.25) is 0 Å². The van der Waals surface area contributed by atoms with Crippen molar-refractivity contribution in [2.24, 2.45) is 5.92 Å². The SMILES string of the molecule is C=C1CC(CC(C)=CCC2COC(=O)C2=C)OC1=O. The molecule has 0 aromatic heterocycles. The zero-order valence-electron chi connectivity index (χ0n) is 11.1. The van der Waals surface area contributed by atoms with E-state index in [9.17, 15) is 9.59 Å². The van der Waals surface area contributed by atoms with E-state index in [1.165, 1.54) is 0 Å². The Bertz CT molecular complexity index is 457. The highest BCUT2D eigenvalue weighted by atomic mass is 16.6. The summed E-state index contributed by atoms with van der Waals surface area (Å²) >= 11 is 0. The second kappa shape index (κ2) is 5.43. The molecule has 0 aromatic carbocycles. The maximum absolute atomic E-state index is 11.2. The van der Waals surface area contributed by atoms with Crippen molar-refractivity contribution in [3.63, 3.8) is 0 Å². The maximum atomic E-state index is 11.2. The van der Waals surface area contributed by atoms with Crippen molar-refractivity contribution in [2.75, 3.05) is 6.61 Å². The van der Waals surface area contributed by atoms with Gasteiger partial charge in [-0.05, 0) is 13.3 Å². The molecule has 0 N–H and O–H groups in total. The first-order valence-corrected chi connectivity index (χ1v) is 6.37. The van der Waals surface area contributed by atoms with Gasteiger partial charge in [-0.2, -0.15) is 0 Å². The molecule has 0 aromatic rings. The van der Waals surface area contributed by atoms with Crippen molar-refractivity contribution in [1.29, 1.82) is 0 Å². The third-order valence-corrected chi connectivity index (χ3v) is 3.51. The Kier molecular flexibility index (Phi) is 3.88. The van der Waals surface area contributed by atoms with E-state index in [1.807, 2.05) is 6.92 Å². The average Bonchev–Trinajstić information content (AvgIpc) is 2.82. The largest absolute Gasteiger partial charge is 0.462 e. The fraction of sp³-hybridized carbons (Fsp3) is 0.467. The Morgan fingerprint density at radius 3 is 2.63 bits per heavy atom. The summed E-state index contributed by atoms with van der Waals surface area (Å²) < 4.78 is 10.1. The minimum absolute atomic E-state index is 0.0727. The minimum atomic E-state index is -0.294. The predicted molar refractivity (Wildman–Crippen MR) is 70.2 cm³/mol. The summed E-state index contributed by atoms with van der Waals surface area (Å²) in [5.41, 5.74) is 2.23.